The first-order chi connectivity index (χ1) is 11.8. The van der Waals surface area contributed by atoms with Crippen molar-refractivity contribution in [3.63, 3.8) is 0 Å². The molecule has 2 atom stereocenters. The number of nitrogens with zero attached hydrogens (tertiary/aromatic N) is 2. The van der Waals surface area contributed by atoms with Gasteiger partial charge < -0.3 is 15.1 Å². The molecule has 2 heterocycles. The predicted molar refractivity (Wildman–Crippen MR) is 98.5 cm³/mol. The zero-order valence-corrected chi connectivity index (χ0v) is 14.5. The minimum atomic E-state index is 0.0886. The van der Waals surface area contributed by atoms with E-state index in [2.05, 4.69) is 22.3 Å². The van der Waals surface area contributed by atoms with Gasteiger partial charge in [0.05, 0.1) is 11.4 Å². The molecule has 4 rings (SSSR count). The lowest BCUT2D eigenvalue weighted by atomic mass is 9.75. The van der Waals surface area contributed by atoms with Crippen molar-refractivity contribution in [2.45, 2.75) is 44.9 Å². The molecule has 0 spiro atoms. The van der Waals surface area contributed by atoms with Crippen LogP contribution < -0.4 is 10.2 Å². The topological polar surface area (TPSA) is 35.6 Å². The molecule has 1 aliphatic carbocycles. The van der Waals surface area contributed by atoms with Crippen LogP contribution in [0.4, 0.5) is 16.2 Å². The number of urea groups is 1. The molecular formula is C20H29N3O. The third kappa shape index (κ3) is 3.24. The first kappa shape index (κ1) is 15.8. The second kappa shape index (κ2) is 7.04. The molecule has 2 saturated heterocycles. The van der Waals surface area contributed by atoms with Gasteiger partial charge in [-0.15, -0.1) is 0 Å². The van der Waals surface area contributed by atoms with Gasteiger partial charge in [-0.05, 0) is 49.7 Å². The lowest BCUT2D eigenvalue weighted by molar-refractivity contribution is 0.108. The number of anilines is 2. The average Bonchev–Trinajstić information content (AvgIpc) is 3.16. The van der Waals surface area contributed by atoms with Crippen molar-refractivity contribution in [2.24, 2.45) is 11.8 Å². The number of piperidine rings is 1. The standard InChI is InChI=1S/C20H29N3O/c24-20(23-14-11-16-7-1-2-8-17(16)15-23)21-18-9-3-4-10-19(18)22-12-5-6-13-22/h3-4,9-10,16-17H,1-2,5-8,11-15H2,(H,21,24)/t16-,17-/m0/s1. The lowest BCUT2D eigenvalue weighted by Gasteiger charge is -2.41. The van der Waals surface area contributed by atoms with Crippen LogP contribution in [0, 0.1) is 11.8 Å². The van der Waals surface area contributed by atoms with Crippen LogP contribution in [0.3, 0.4) is 0 Å². The number of likely N-dealkylation sites (tertiary alicyclic amines) is 1. The van der Waals surface area contributed by atoms with E-state index in [1.54, 1.807) is 0 Å². The minimum Gasteiger partial charge on any atom is -0.370 e. The molecule has 1 saturated carbocycles. The predicted octanol–water partition coefficient (Wildman–Crippen LogP) is 4.33. The van der Waals surface area contributed by atoms with E-state index in [4.69, 9.17) is 0 Å². The summed E-state index contributed by atoms with van der Waals surface area (Å²) in [6.45, 7) is 4.06. The van der Waals surface area contributed by atoms with Gasteiger partial charge in [0, 0.05) is 26.2 Å². The Morgan fingerprint density at radius 1 is 0.917 bits per heavy atom. The number of carbonyl (C=O) groups is 1. The first-order valence-corrected chi connectivity index (χ1v) is 9.71. The smallest absolute Gasteiger partial charge is 0.321 e. The maximum Gasteiger partial charge on any atom is 0.321 e. The Balaban J connectivity index is 1.43. The third-order valence-corrected chi connectivity index (χ3v) is 6.17. The summed E-state index contributed by atoms with van der Waals surface area (Å²) in [6.07, 6.45) is 9.09. The molecular weight excluding hydrogens is 298 g/mol. The fourth-order valence-electron chi connectivity index (χ4n) is 4.79. The van der Waals surface area contributed by atoms with Crippen molar-refractivity contribution in [1.29, 1.82) is 0 Å². The Labute approximate surface area is 145 Å². The molecule has 3 fully saturated rings. The van der Waals surface area contributed by atoms with Crippen LogP contribution in [0.5, 0.6) is 0 Å². The van der Waals surface area contributed by atoms with Gasteiger partial charge in [0.15, 0.2) is 0 Å². The molecule has 1 N–H and O–H groups in total. The van der Waals surface area contributed by atoms with Crippen LogP contribution in [0.2, 0.25) is 0 Å². The molecule has 130 valence electrons. The van der Waals surface area contributed by atoms with Crippen molar-refractivity contribution >= 4 is 17.4 Å². The van der Waals surface area contributed by atoms with E-state index < -0.39 is 0 Å². The molecule has 0 aromatic heterocycles. The molecule has 3 aliphatic rings. The number of nitrogens with one attached hydrogen (secondary N) is 1. The van der Waals surface area contributed by atoms with Gasteiger partial charge in [0.25, 0.3) is 0 Å². The highest BCUT2D eigenvalue weighted by Gasteiger charge is 2.33. The van der Waals surface area contributed by atoms with E-state index in [1.807, 2.05) is 17.0 Å². The summed E-state index contributed by atoms with van der Waals surface area (Å²) >= 11 is 0. The maximum atomic E-state index is 12.8. The van der Waals surface area contributed by atoms with Gasteiger partial charge in [0.1, 0.15) is 0 Å². The molecule has 24 heavy (non-hydrogen) atoms. The zero-order chi connectivity index (χ0) is 16.4. The maximum absolute atomic E-state index is 12.8. The molecule has 1 aromatic carbocycles. The Morgan fingerprint density at radius 3 is 2.50 bits per heavy atom. The van der Waals surface area contributed by atoms with Gasteiger partial charge in [-0.2, -0.15) is 0 Å². The van der Waals surface area contributed by atoms with Crippen LogP contribution in [0.15, 0.2) is 24.3 Å². The van der Waals surface area contributed by atoms with Crippen molar-refractivity contribution in [1.82, 2.24) is 4.90 Å². The number of benzene rings is 1. The summed E-state index contributed by atoms with van der Waals surface area (Å²) < 4.78 is 0. The summed E-state index contributed by atoms with van der Waals surface area (Å²) in [5.41, 5.74) is 2.14. The zero-order valence-electron chi connectivity index (χ0n) is 14.5. The van der Waals surface area contributed by atoms with Crippen molar-refractivity contribution < 1.29 is 4.79 Å². The Kier molecular flexibility index (Phi) is 4.63. The van der Waals surface area contributed by atoms with Gasteiger partial charge in [-0.3, -0.25) is 0 Å². The van der Waals surface area contributed by atoms with Crippen LogP contribution in [0.25, 0.3) is 0 Å². The minimum absolute atomic E-state index is 0.0886. The van der Waals surface area contributed by atoms with Crippen LogP contribution in [0.1, 0.15) is 44.9 Å². The summed E-state index contributed by atoms with van der Waals surface area (Å²) in [6, 6.07) is 8.35. The fraction of sp³-hybridized carbons (Fsp3) is 0.650. The number of carbonyl (C=O) groups excluding carboxylic acids is 1. The first-order valence-electron chi connectivity index (χ1n) is 9.71. The summed E-state index contributed by atoms with van der Waals surface area (Å²) in [4.78, 5) is 17.2. The number of rotatable bonds is 2. The number of hydrogen-bond donors (Lipinski definition) is 1. The number of fused-ring (bicyclic) bond motifs is 1. The highest BCUT2D eigenvalue weighted by molar-refractivity contribution is 5.93. The van der Waals surface area contributed by atoms with Gasteiger partial charge in [0.2, 0.25) is 0 Å². The van der Waals surface area contributed by atoms with Gasteiger partial charge in [-0.25, -0.2) is 4.79 Å². The largest absolute Gasteiger partial charge is 0.370 e. The van der Waals surface area contributed by atoms with E-state index in [0.29, 0.717) is 0 Å². The highest BCUT2D eigenvalue weighted by Crippen LogP contribution is 2.36. The van der Waals surface area contributed by atoms with Crippen LogP contribution in [-0.2, 0) is 0 Å². The Hall–Kier alpha value is -1.71. The van der Waals surface area contributed by atoms with E-state index in [1.165, 1.54) is 50.6 Å². The molecule has 4 heteroatoms. The molecule has 4 nitrogen and oxygen atoms in total. The summed E-state index contributed by atoms with van der Waals surface area (Å²) in [7, 11) is 0. The second-order valence-electron chi connectivity index (χ2n) is 7.68. The van der Waals surface area contributed by atoms with Crippen molar-refractivity contribution in [3.05, 3.63) is 24.3 Å². The normalized spacial score (nSPS) is 27.0. The Morgan fingerprint density at radius 2 is 1.67 bits per heavy atom. The molecule has 2 aliphatic heterocycles. The van der Waals surface area contributed by atoms with Crippen LogP contribution >= 0.6 is 0 Å². The molecule has 0 radical (unpaired) electrons. The molecule has 0 unspecified atom stereocenters. The molecule has 1 aromatic rings. The van der Waals surface area contributed by atoms with Gasteiger partial charge in [-0.1, -0.05) is 31.4 Å². The number of para-hydroxylation sites is 2. The monoisotopic (exact) mass is 327 g/mol. The number of hydrogen-bond acceptors (Lipinski definition) is 2. The summed E-state index contributed by atoms with van der Waals surface area (Å²) in [5.74, 6) is 1.59. The Bertz CT molecular complexity index is 582. The lowest BCUT2D eigenvalue weighted by Crippen LogP contribution is -2.46. The fourth-order valence-corrected chi connectivity index (χ4v) is 4.79. The second-order valence-corrected chi connectivity index (χ2v) is 7.68. The molecule has 0 bridgehead atoms. The van der Waals surface area contributed by atoms with E-state index >= 15 is 0 Å². The quantitative estimate of drug-likeness (QED) is 0.877. The van der Waals surface area contributed by atoms with E-state index in [9.17, 15) is 4.79 Å². The van der Waals surface area contributed by atoms with Crippen LogP contribution in [-0.4, -0.2) is 37.1 Å². The average molecular weight is 327 g/mol. The van der Waals surface area contributed by atoms with Gasteiger partial charge >= 0.3 is 6.03 Å². The SMILES string of the molecule is O=C(Nc1ccccc1N1CCCC1)N1CC[C@@H]2CCCC[C@H]2C1. The summed E-state index contributed by atoms with van der Waals surface area (Å²) in [5, 5.41) is 3.20. The highest BCUT2D eigenvalue weighted by atomic mass is 16.2. The number of amides is 2. The van der Waals surface area contributed by atoms with Crippen molar-refractivity contribution in [2.75, 3.05) is 36.4 Å². The van der Waals surface area contributed by atoms with Crippen molar-refractivity contribution in [3.8, 4) is 0 Å². The van der Waals surface area contributed by atoms with E-state index in [0.717, 1.165) is 43.7 Å². The molecule has 2 amide bonds. The van der Waals surface area contributed by atoms with E-state index in [-0.39, 0.29) is 6.03 Å². The third-order valence-electron chi connectivity index (χ3n) is 6.17.